The molecule has 0 unspecified atom stereocenters. The van der Waals surface area contributed by atoms with Gasteiger partial charge >= 0.3 is 0 Å². The minimum absolute atomic E-state index is 0.0233. The average Bonchev–Trinajstić information content (AvgIpc) is 2.76. The first-order chi connectivity index (χ1) is 14.1. The van der Waals surface area contributed by atoms with E-state index in [9.17, 15) is 10.1 Å². The number of nitriles is 1. The number of hydrogen-bond acceptors (Lipinski definition) is 4. The molecule has 5 heteroatoms. The fourth-order valence-corrected chi connectivity index (χ4v) is 4.04. The Kier molecular flexibility index (Phi) is 5.18. The first-order valence-corrected chi connectivity index (χ1v) is 9.98. The van der Waals surface area contributed by atoms with Crippen LogP contribution < -0.4 is 10.2 Å². The van der Waals surface area contributed by atoms with Crippen LogP contribution in [0.3, 0.4) is 0 Å². The van der Waals surface area contributed by atoms with Gasteiger partial charge in [0.25, 0.3) is 0 Å². The lowest BCUT2D eigenvalue weighted by atomic mass is 9.94. The molecular weight excluding hydrogens is 360 g/mol. The summed E-state index contributed by atoms with van der Waals surface area (Å²) in [6.07, 6.45) is 3.17. The number of amides is 1. The Balaban J connectivity index is 1.50. The number of aromatic nitrogens is 1. The molecule has 1 N–H and O–H groups in total. The highest BCUT2D eigenvalue weighted by molar-refractivity contribution is 5.95. The van der Waals surface area contributed by atoms with Crippen molar-refractivity contribution in [2.75, 3.05) is 23.3 Å². The zero-order valence-corrected chi connectivity index (χ0v) is 16.8. The number of piperidine rings is 1. The van der Waals surface area contributed by atoms with Gasteiger partial charge in [-0.3, -0.25) is 9.78 Å². The fraction of sp³-hybridized carbons (Fsp3) is 0.292. The SMILES string of the molecule is Cc1cccc(NC(=O)C2CCN(c3c(C#N)cnc4ccccc34)CC2)c1C. The lowest BCUT2D eigenvalue weighted by Crippen LogP contribution is -2.38. The van der Waals surface area contributed by atoms with E-state index >= 15 is 0 Å². The van der Waals surface area contributed by atoms with E-state index in [1.54, 1.807) is 6.20 Å². The molecule has 0 bridgehead atoms. The Morgan fingerprint density at radius 2 is 1.90 bits per heavy atom. The van der Waals surface area contributed by atoms with E-state index in [-0.39, 0.29) is 11.8 Å². The molecule has 1 amide bonds. The third-order valence-corrected chi connectivity index (χ3v) is 5.91. The summed E-state index contributed by atoms with van der Waals surface area (Å²) in [7, 11) is 0. The van der Waals surface area contributed by atoms with Crippen LogP contribution in [0.25, 0.3) is 10.9 Å². The number of hydrogen-bond donors (Lipinski definition) is 1. The number of nitrogens with one attached hydrogen (secondary N) is 1. The summed E-state index contributed by atoms with van der Waals surface area (Å²) >= 11 is 0. The maximum absolute atomic E-state index is 12.8. The van der Waals surface area contributed by atoms with Crippen LogP contribution in [-0.4, -0.2) is 24.0 Å². The minimum Gasteiger partial charge on any atom is -0.370 e. The fourth-order valence-electron chi connectivity index (χ4n) is 4.04. The van der Waals surface area contributed by atoms with Crippen LogP contribution >= 0.6 is 0 Å². The Morgan fingerprint density at radius 1 is 1.14 bits per heavy atom. The van der Waals surface area contributed by atoms with Crippen molar-refractivity contribution in [3.63, 3.8) is 0 Å². The summed E-state index contributed by atoms with van der Waals surface area (Å²) < 4.78 is 0. The molecule has 1 fully saturated rings. The molecule has 4 rings (SSSR count). The van der Waals surface area contributed by atoms with Crippen LogP contribution in [0.15, 0.2) is 48.7 Å². The highest BCUT2D eigenvalue weighted by Gasteiger charge is 2.27. The van der Waals surface area contributed by atoms with Crippen molar-refractivity contribution in [1.82, 2.24) is 4.98 Å². The molecular formula is C24H24N4O. The summed E-state index contributed by atoms with van der Waals surface area (Å²) in [4.78, 5) is 19.4. The maximum Gasteiger partial charge on any atom is 0.227 e. The predicted octanol–water partition coefficient (Wildman–Crippen LogP) is 4.58. The molecule has 2 heterocycles. The number of fused-ring (bicyclic) bond motifs is 1. The quantitative estimate of drug-likeness (QED) is 0.718. The van der Waals surface area contributed by atoms with Crippen molar-refractivity contribution in [1.29, 1.82) is 5.26 Å². The summed E-state index contributed by atoms with van der Waals surface area (Å²) in [5.41, 5.74) is 5.58. The Bertz CT molecular complexity index is 1110. The van der Waals surface area contributed by atoms with Gasteiger partial charge in [-0.05, 0) is 49.9 Å². The first-order valence-electron chi connectivity index (χ1n) is 9.98. The van der Waals surface area contributed by atoms with E-state index < -0.39 is 0 Å². The number of carbonyl (C=O) groups is 1. The van der Waals surface area contributed by atoms with Crippen LogP contribution in [0.1, 0.15) is 29.5 Å². The van der Waals surface area contributed by atoms with Crippen LogP contribution in [-0.2, 0) is 4.79 Å². The third kappa shape index (κ3) is 3.66. The Labute approximate surface area is 171 Å². The number of anilines is 2. The summed E-state index contributed by atoms with van der Waals surface area (Å²) in [6, 6.07) is 16.2. The maximum atomic E-state index is 12.8. The van der Waals surface area contributed by atoms with Crippen molar-refractivity contribution in [2.24, 2.45) is 5.92 Å². The van der Waals surface area contributed by atoms with Crippen LogP contribution in [0.2, 0.25) is 0 Å². The Morgan fingerprint density at radius 3 is 2.66 bits per heavy atom. The molecule has 1 aromatic heterocycles. The second kappa shape index (κ2) is 7.92. The lowest BCUT2D eigenvalue weighted by molar-refractivity contribution is -0.120. The van der Waals surface area contributed by atoms with Gasteiger partial charge in [0.05, 0.1) is 16.8 Å². The van der Waals surface area contributed by atoms with Gasteiger partial charge in [-0.2, -0.15) is 5.26 Å². The molecule has 0 spiro atoms. The molecule has 3 aromatic rings. The van der Waals surface area contributed by atoms with Crippen LogP contribution in [0.4, 0.5) is 11.4 Å². The van der Waals surface area contributed by atoms with Gasteiger partial charge in [-0.25, -0.2) is 0 Å². The van der Waals surface area contributed by atoms with Gasteiger partial charge < -0.3 is 10.2 Å². The monoisotopic (exact) mass is 384 g/mol. The third-order valence-electron chi connectivity index (χ3n) is 5.91. The lowest BCUT2D eigenvalue weighted by Gasteiger charge is -2.34. The molecule has 29 heavy (non-hydrogen) atoms. The van der Waals surface area contributed by atoms with E-state index in [4.69, 9.17) is 0 Å². The first kappa shape index (κ1) is 18.9. The van der Waals surface area contributed by atoms with E-state index in [1.165, 1.54) is 5.56 Å². The molecule has 5 nitrogen and oxygen atoms in total. The smallest absolute Gasteiger partial charge is 0.227 e. The molecule has 0 saturated carbocycles. The summed E-state index contributed by atoms with van der Waals surface area (Å²) in [5, 5.41) is 13.7. The molecule has 146 valence electrons. The normalized spacial score (nSPS) is 14.6. The van der Waals surface area contributed by atoms with E-state index in [1.807, 2.05) is 43.3 Å². The highest BCUT2D eigenvalue weighted by Crippen LogP contribution is 2.32. The zero-order chi connectivity index (χ0) is 20.4. The number of nitrogens with zero attached hydrogens (tertiary/aromatic N) is 3. The van der Waals surface area contributed by atoms with Gasteiger partial charge in [-0.1, -0.05) is 30.3 Å². The largest absolute Gasteiger partial charge is 0.370 e. The van der Waals surface area contributed by atoms with Gasteiger partial charge in [0.1, 0.15) is 6.07 Å². The zero-order valence-electron chi connectivity index (χ0n) is 16.8. The van der Waals surface area contributed by atoms with E-state index in [0.29, 0.717) is 5.56 Å². The molecule has 1 aliphatic rings. The van der Waals surface area contributed by atoms with Crippen molar-refractivity contribution in [2.45, 2.75) is 26.7 Å². The minimum atomic E-state index is -0.0233. The molecule has 2 aromatic carbocycles. The summed E-state index contributed by atoms with van der Waals surface area (Å²) in [6.45, 7) is 5.57. The number of carbonyl (C=O) groups excluding carboxylic acids is 1. The standard InChI is InChI=1S/C24H24N4O/c1-16-6-5-9-21(17(16)2)27-24(29)18-10-12-28(13-11-18)23-19(14-25)15-26-22-8-4-3-7-20(22)23/h3-9,15,18H,10-13H2,1-2H3,(H,27,29). The molecule has 0 aliphatic carbocycles. The number of benzene rings is 2. The van der Waals surface area contributed by atoms with Gasteiger partial charge in [0.2, 0.25) is 5.91 Å². The highest BCUT2D eigenvalue weighted by atomic mass is 16.1. The average molecular weight is 384 g/mol. The molecule has 1 aliphatic heterocycles. The van der Waals surface area contributed by atoms with Crippen LogP contribution in [0, 0.1) is 31.1 Å². The second-order valence-corrected chi connectivity index (χ2v) is 7.65. The van der Waals surface area contributed by atoms with E-state index in [2.05, 4.69) is 34.3 Å². The van der Waals surface area contributed by atoms with Gasteiger partial charge in [-0.15, -0.1) is 0 Å². The Hall–Kier alpha value is -3.39. The van der Waals surface area contributed by atoms with Gasteiger partial charge in [0.15, 0.2) is 0 Å². The number of para-hydroxylation sites is 1. The molecule has 1 saturated heterocycles. The molecule has 0 atom stereocenters. The van der Waals surface area contributed by atoms with Crippen molar-refractivity contribution in [3.8, 4) is 6.07 Å². The number of rotatable bonds is 3. The topological polar surface area (TPSA) is 69.0 Å². The number of pyridine rings is 1. The van der Waals surface area contributed by atoms with Crippen molar-refractivity contribution in [3.05, 3.63) is 65.4 Å². The van der Waals surface area contributed by atoms with Gasteiger partial charge in [0, 0.05) is 36.3 Å². The van der Waals surface area contributed by atoms with Crippen molar-refractivity contribution < 1.29 is 4.79 Å². The predicted molar refractivity (Wildman–Crippen MR) is 116 cm³/mol. The van der Waals surface area contributed by atoms with Crippen LogP contribution in [0.5, 0.6) is 0 Å². The number of aryl methyl sites for hydroxylation is 1. The van der Waals surface area contributed by atoms with E-state index in [0.717, 1.165) is 53.8 Å². The summed E-state index contributed by atoms with van der Waals surface area (Å²) in [5.74, 6) is 0.0586. The molecule has 0 radical (unpaired) electrons. The second-order valence-electron chi connectivity index (χ2n) is 7.65. The van der Waals surface area contributed by atoms with Crippen molar-refractivity contribution >= 4 is 28.2 Å².